The summed E-state index contributed by atoms with van der Waals surface area (Å²) in [4.78, 5) is 25.2. The second-order valence-corrected chi connectivity index (χ2v) is 8.57. The number of ether oxygens (including phenoxy) is 1. The van der Waals surface area contributed by atoms with Crippen LogP contribution in [0.2, 0.25) is 4.34 Å². The SMILES string of the molecule is CC(=O)N1CCC(N2CCOCC2c2ncc(-c3ccc(Cl)s3)[nH]2)CC1. The van der Waals surface area contributed by atoms with E-state index < -0.39 is 0 Å². The average Bonchev–Trinajstić information content (AvgIpc) is 3.31. The molecule has 0 spiro atoms. The van der Waals surface area contributed by atoms with E-state index in [1.165, 1.54) is 0 Å². The van der Waals surface area contributed by atoms with E-state index in [1.54, 1.807) is 18.3 Å². The molecule has 0 aliphatic carbocycles. The number of rotatable bonds is 3. The van der Waals surface area contributed by atoms with Gasteiger partial charge in [-0.2, -0.15) is 0 Å². The highest BCUT2D eigenvalue weighted by Gasteiger charge is 2.34. The van der Waals surface area contributed by atoms with Gasteiger partial charge in [-0.1, -0.05) is 11.6 Å². The van der Waals surface area contributed by atoms with Gasteiger partial charge in [0.2, 0.25) is 5.91 Å². The highest BCUT2D eigenvalue weighted by molar-refractivity contribution is 7.19. The molecule has 0 bridgehead atoms. The van der Waals surface area contributed by atoms with Gasteiger partial charge in [0.1, 0.15) is 5.82 Å². The lowest BCUT2D eigenvalue weighted by atomic mass is 10.00. The van der Waals surface area contributed by atoms with Crippen molar-refractivity contribution in [3.63, 3.8) is 0 Å². The van der Waals surface area contributed by atoms with E-state index in [-0.39, 0.29) is 11.9 Å². The van der Waals surface area contributed by atoms with E-state index in [9.17, 15) is 4.79 Å². The molecule has 0 aromatic carbocycles. The maximum absolute atomic E-state index is 11.6. The van der Waals surface area contributed by atoms with Crippen molar-refractivity contribution in [3.05, 3.63) is 28.5 Å². The summed E-state index contributed by atoms with van der Waals surface area (Å²) in [5, 5.41) is 0. The molecule has 1 amide bonds. The maximum atomic E-state index is 11.6. The number of imidazole rings is 1. The van der Waals surface area contributed by atoms with Gasteiger partial charge in [-0.3, -0.25) is 9.69 Å². The molecule has 140 valence electrons. The second kappa shape index (κ2) is 7.68. The molecule has 2 aromatic rings. The van der Waals surface area contributed by atoms with Gasteiger partial charge in [-0.15, -0.1) is 11.3 Å². The maximum Gasteiger partial charge on any atom is 0.219 e. The van der Waals surface area contributed by atoms with E-state index >= 15 is 0 Å². The molecule has 26 heavy (non-hydrogen) atoms. The molecule has 0 saturated carbocycles. The zero-order valence-corrected chi connectivity index (χ0v) is 16.4. The summed E-state index contributed by atoms with van der Waals surface area (Å²) in [5.41, 5.74) is 0.994. The van der Waals surface area contributed by atoms with Crippen molar-refractivity contribution >= 4 is 28.8 Å². The number of morpholine rings is 1. The van der Waals surface area contributed by atoms with Gasteiger partial charge in [0, 0.05) is 32.6 Å². The highest BCUT2D eigenvalue weighted by atomic mass is 35.5. The largest absolute Gasteiger partial charge is 0.378 e. The van der Waals surface area contributed by atoms with Gasteiger partial charge in [-0.25, -0.2) is 4.98 Å². The van der Waals surface area contributed by atoms with Crippen LogP contribution in [0.5, 0.6) is 0 Å². The van der Waals surface area contributed by atoms with Crippen molar-refractivity contribution in [2.75, 3.05) is 32.8 Å². The first-order valence-electron chi connectivity index (χ1n) is 9.01. The standard InChI is InChI=1S/C18H23ClN4O2S/c1-12(24)22-6-4-13(5-7-22)23-8-9-25-11-15(23)18-20-10-14(21-18)16-2-3-17(19)26-16/h2-3,10,13,15H,4-9,11H2,1H3,(H,20,21). The van der Waals surface area contributed by atoms with Crippen LogP contribution in [-0.2, 0) is 9.53 Å². The Balaban J connectivity index is 1.49. The number of aromatic nitrogens is 2. The number of thiophene rings is 1. The third kappa shape index (κ3) is 3.67. The lowest BCUT2D eigenvalue weighted by Gasteiger charge is -2.43. The number of nitrogens with zero attached hydrogens (tertiary/aromatic N) is 3. The number of carbonyl (C=O) groups excluding carboxylic acids is 1. The number of likely N-dealkylation sites (tertiary alicyclic amines) is 1. The van der Waals surface area contributed by atoms with Gasteiger partial charge in [0.25, 0.3) is 0 Å². The summed E-state index contributed by atoms with van der Waals surface area (Å²) in [6.07, 6.45) is 3.89. The zero-order valence-electron chi connectivity index (χ0n) is 14.8. The summed E-state index contributed by atoms with van der Waals surface area (Å²) in [5.74, 6) is 1.12. The van der Waals surface area contributed by atoms with Crippen LogP contribution in [0.4, 0.5) is 0 Å². The first kappa shape index (κ1) is 18.0. The number of carbonyl (C=O) groups is 1. The Morgan fingerprint density at radius 2 is 2.15 bits per heavy atom. The van der Waals surface area contributed by atoms with E-state index in [1.807, 2.05) is 23.2 Å². The topological polar surface area (TPSA) is 61.5 Å². The third-order valence-corrected chi connectivity index (χ3v) is 6.56. The van der Waals surface area contributed by atoms with Crippen molar-refractivity contribution < 1.29 is 9.53 Å². The Labute approximate surface area is 162 Å². The van der Waals surface area contributed by atoms with Crippen molar-refractivity contribution in [2.45, 2.75) is 31.8 Å². The molecule has 4 rings (SSSR count). The van der Waals surface area contributed by atoms with Crippen LogP contribution in [0.3, 0.4) is 0 Å². The van der Waals surface area contributed by atoms with Gasteiger partial charge < -0.3 is 14.6 Å². The molecule has 2 saturated heterocycles. The van der Waals surface area contributed by atoms with E-state index in [0.717, 1.165) is 59.8 Å². The van der Waals surface area contributed by atoms with Gasteiger partial charge in [-0.05, 0) is 25.0 Å². The molecule has 1 N–H and O–H groups in total. The molecular formula is C18H23ClN4O2S. The predicted molar refractivity (Wildman–Crippen MR) is 102 cm³/mol. The van der Waals surface area contributed by atoms with Crippen LogP contribution in [-0.4, -0.2) is 64.6 Å². The first-order chi connectivity index (χ1) is 12.6. The summed E-state index contributed by atoms with van der Waals surface area (Å²) in [6, 6.07) is 4.50. The molecule has 0 radical (unpaired) electrons. The highest BCUT2D eigenvalue weighted by Crippen LogP contribution is 2.33. The fourth-order valence-corrected chi connectivity index (χ4v) is 4.90. The average molecular weight is 395 g/mol. The number of aromatic amines is 1. The Bertz CT molecular complexity index is 769. The molecule has 2 fully saturated rings. The quantitative estimate of drug-likeness (QED) is 0.868. The molecule has 1 unspecified atom stereocenters. The minimum Gasteiger partial charge on any atom is -0.378 e. The monoisotopic (exact) mass is 394 g/mol. The second-order valence-electron chi connectivity index (χ2n) is 6.85. The van der Waals surface area contributed by atoms with Crippen molar-refractivity contribution in [1.29, 1.82) is 0 Å². The van der Waals surface area contributed by atoms with Gasteiger partial charge >= 0.3 is 0 Å². The van der Waals surface area contributed by atoms with Crippen LogP contribution in [0.25, 0.3) is 10.6 Å². The number of amides is 1. The Morgan fingerprint density at radius 1 is 1.35 bits per heavy atom. The minimum atomic E-state index is 0.127. The van der Waals surface area contributed by atoms with Crippen LogP contribution < -0.4 is 0 Å². The number of hydrogen-bond acceptors (Lipinski definition) is 5. The normalized spacial score (nSPS) is 22.7. The fourth-order valence-electron chi connectivity index (χ4n) is 3.89. The number of halogens is 1. The zero-order chi connectivity index (χ0) is 18.1. The van der Waals surface area contributed by atoms with Crippen molar-refractivity contribution in [3.8, 4) is 10.6 Å². The van der Waals surface area contributed by atoms with Crippen molar-refractivity contribution in [2.24, 2.45) is 0 Å². The van der Waals surface area contributed by atoms with Crippen LogP contribution in [0, 0.1) is 0 Å². The summed E-state index contributed by atoms with van der Waals surface area (Å²) >= 11 is 7.60. The van der Waals surface area contributed by atoms with E-state index in [0.29, 0.717) is 12.6 Å². The van der Waals surface area contributed by atoms with Gasteiger partial charge in [0.05, 0.1) is 40.4 Å². The van der Waals surface area contributed by atoms with Crippen LogP contribution in [0.15, 0.2) is 18.3 Å². The Morgan fingerprint density at radius 3 is 2.85 bits per heavy atom. The van der Waals surface area contributed by atoms with E-state index in [4.69, 9.17) is 16.3 Å². The molecular weight excluding hydrogens is 372 g/mol. The van der Waals surface area contributed by atoms with E-state index in [2.05, 4.69) is 14.9 Å². The molecule has 2 aliphatic heterocycles. The van der Waals surface area contributed by atoms with Gasteiger partial charge in [0.15, 0.2) is 0 Å². The number of nitrogens with one attached hydrogen (secondary N) is 1. The molecule has 2 aliphatic rings. The third-order valence-electron chi connectivity index (χ3n) is 5.30. The molecule has 4 heterocycles. The molecule has 8 heteroatoms. The fraction of sp³-hybridized carbons (Fsp3) is 0.556. The number of piperidine rings is 1. The lowest BCUT2D eigenvalue weighted by molar-refractivity contribution is -0.131. The predicted octanol–water partition coefficient (Wildman–Crippen LogP) is 3.18. The molecule has 2 aromatic heterocycles. The lowest BCUT2D eigenvalue weighted by Crippen LogP contribution is -2.51. The number of hydrogen-bond donors (Lipinski definition) is 1. The smallest absolute Gasteiger partial charge is 0.219 e. The van der Waals surface area contributed by atoms with Crippen LogP contribution in [0.1, 0.15) is 31.6 Å². The summed E-state index contributed by atoms with van der Waals surface area (Å²) < 4.78 is 6.53. The summed E-state index contributed by atoms with van der Waals surface area (Å²) in [6.45, 7) is 5.61. The summed E-state index contributed by atoms with van der Waals surface area (Å²) in [7, 11) is 0. The number of H-pyrrole nitrogens is 1. The van der Waals surface area contributed by atoms with Crippen molar-refractivity contribution in [1.82, 2.24) is 19.8 Å². The van der Waals surface area contributed by atoms with Crippen LogP contribution >= 0.6 is 22.9 Å². The Kier molecular flexibility index (Phi) is 5.31. The first-order valence-corrected chi connectivity index (χ1v) is 10.2. The molecule has 1 atom stereocenters. The minimum absolute atomic E-state index is 0.127. The Hall–Kier alpha value is -1.41. The molecule has 6 nitrogen and oxygen atoms in total.